The van der Waals surface area contributed by atoms with E-state index >= 15 is 0 Å². The highest BCUT2D eigenvalue weighted by Gasteiger charge is 2.24. The molecule has 1 heterocycles. The van der Waals surface area contributed by atoms with Crippen LogP contribution in [0, 0.1) is 0 Å². The average Bonchev–Trinajstić information content (AvgIpc) is 2.50. The van der Waals surface area contributed by atoms with E-state index in [4.69, 9.17) is 0 Å². The van der Waals surface area contributed by atoms with Gasteiger partial charge in [-0.2, -0.15) is 0 Å². The SMILES string of the molecule is COC(=O)CC1Nc2ccccc2C=NC1=O. The molecule has 5 heteroatoms. The smallest absolute Gasteiger partial charge is 0.308 e. The minimum Gasteiger partial charge on any atom is -0.469 e. The number of benzene rings is 1. The number of carbonyl (C=O) groups excluding carboxylic acids is 2. The van der Waals surface area contributed by atoms with E-state index in [1.54, 1.807) is 0 Å². The first kappa shape index (κ1) is 11.3. The van der Waals surface area contributed by atoms with Crippen molar-refractivity contribution in [3.63, 3.8) is 0 Å². The van der Waals surface area contributed by atoms with E-state index < -0.39 is 12.0 Å². The molecule has 88 valence electrons. The fraction of sp³-hybridized carbons (Fsp3) is 0.250. The molecule has 17 heavy (non-hydrogen) atoms. The molecule has 0 spiro atoms. The molecule has 2 rings (SSSR count). The Bertz CT molecular complexity index is 482. The number of aliphatic imine (C=N–C) groups is 1. The van der Waals surface area contributed by atoms with Crippen LogP contribution in [-0.4, -0.2) is 31.2 Å². The summed E-state index contributed by atoms with van der Waals surface area (Å²) in [5, 5.41) is 3.00. The molecule has 0 radical (unpaired) electrons. The standard InChI is InChI=1S/C12H12N2O3/c1-17-11(15)6-10-12(16)13-7-8-4-2-3-5-9(8)14-10/h2-5,7,10,14H,6H2,1H3. The molecule has 1 amide bonds. The summed E-state index contributed by atoms with van der Waals surface area (Å²) in [5.74, 6) is -0.808. The number of methoxy groups -OCH3 is 1. The highest BCUT2D eigenvalue weighted by Crippen LogP contribution is 2.18. The second-order valence-corrected chi connectivity index (χ2v) is 3.66. The topological polar surface area (TPSA) is 67.8 Å². The van der Waals surface area contributed by atoms with Gasteiger partial charge in [-0.15, -0.1) is 0 Å². The number of nitrogens with one attached hydrogen (secondary N) is 1. The summed E-state index contributed by atoms with van der Waals surface area (Å²) in [6.07, 6.45) is 1.48. The first-order valence-electron chi connectivity index (χ1n) is 5.21. The third-order valence-corrected chi connectivity index (χ3v) is 2.52. The zero-order valence-corrected chi connectivity index (χ0v) is 9.34. The summed E-state index contributed by atoms with van der Waals surface area (Å²) >= 11 is 0. The number of esters is 1. The Morgan fingerprint density at radius 1 is 1.47 bits per heavy atom. The molecule has 5 nitrogen and oxygen atoms in total. The van der Waals surface area contributed by atoms with Gasteiger partial charge in [-0.05, 0) is 6.07 Å². The van der Waals surface area contributed by atoms with Gasteiger partial charge in [0, 0.05) is 17.5 Å². The monoisotopic (exact) mass is 232 g/mol. The van der Waals surface area contributed by atoms with E-state index in [2.05, 4.69) is 15.0 Å². The third-order valence-electron chi connectivity index (χ3n) is 2.52. The maximum Gasteiger partial charge on any atom is 0.308 e. The zero-order chi connectivity index (χ0) is 12.3. The Hall–Kier alpha value is -2.17. The van der Waals surface area contributed by atoms with E-state index in [9.17, 15) is 9.59 Å². The first-order valence-corrected chi connectivity index (χ1v) is 5.21. The normalized spacial score (nSPS) is 17.9. The van der Waals surface area contributed by atoms with Gasteiger partial charge >= 0.3 is 5.97 Å². The lowest BCUT2D eigenvalue weighted by atomic mass is 10.1. The van der Waals surface area contributed by atoms with Crippen LogP contribution in [0.4, 0.5) is 5.69 Å². The lowest BCUT2D eigenvalue weighted by Gasteiger charge is -2.14. The highest BCUT2D eigenvalue weighted by molar-refractivity contribution is 6.02. The number of benzodiazepines with no additional fused rings is 1. The molecule has 0 aliphatic carbocycles. The Morgan fingerprint density at radius 2 is 2.24 bits per heavy atom. The molecular formula is C12H12N2O3. The molecule has 1 unspecified atom stereocenters. The number of amides is 1. The van der Waals surface area contributed by atoms with Gasteiger partial charge in [0.1, 0.15) is 6.04 Å². The zero-order valence-electron chi connectivity index (χ0n) is 9.34. The van der Waals surface area contributed by atoms with Crippen LogP contribution in [0.25, 0.3) is 0 Å². The molecule has 0 bridgehead atoms. The lowest BCUT2D eigenvalue weighted by Crippen LogP contribution is -2.30. The van der Waals surface area contributed by atoms with Gasteiger partial charge in [0.25, 0.3) is 5.91 Å². The van der Waals surface area contributed by atoms with Crippen molar-refractivity contribution in [2.24, 2.45) is 4.99 Å². The summed E-state index contributed by atoms with van der Waals surface area (Å²) in [5.41, 5.74) is 1.62. The van der Waals surface area contributed by atoms with E-state index in [0.29, 0.717) is 0 Å². The predicted octanol–water partition coefficient (Wildman–Crippen LogP) is 0.989. The fourth-order valence-corrected chi connectivity index (χ4v) is 1.60. The van der Waals surface area contributed by atoms with Crippen LogP contribution in [0.3, 0.4) is 0 Å². The van der Waals surface area contributed by atoms with Crippen molar-refractivity contribution in [1.29, 1.82) is 0 Å². The summed E-state index contributed by atoms with van der Waals surface area (Å²) < 4.78 is 4.55. The van der Waals surface area contributed by atoms with Crippen molar-refractivity contribution >= 4 is 23.8 Å². The van der Waals surface area contributed by atoms with Gasteiger partial charge in [-0.25, -0.2) is 4.99 Å². The first-order chi connectivity index (χ1) is 8.20. The quantitative estimate of drug-likeness (QED) is 0.772. The second kappa shape index (κ2) is 4.78. The van der Waals surface area contributed by atoms with E-state index in [-0.39, 0.29) is 12.3 Å². The maximum absolute atomic E-state index is 11.7. The van der Waals surface area contributed by atoms with Crippen LogP contribution in [0.15, 0.2) is 29.3 Å². The van der Waals surface area contributed by atoms with E-state index in [1.165, 1.54) is 13.3 Å². The molecule has 1 aromatic rings. The fourth-order valence-electron chi connectivity index (χ4n) is 1.60. The molecule has 0 saturated heterocycles. The maximum atomic E-state index is 11.7. The number of para-hydroxylation sites is 1. The molecule has 1 aromatic carbocycles. The summed E-state index contributed by atoms with van der Waals surface area (Å²) in [4.78, 5) is 26.6. The lowest BCUT2D eigenvalue weighted by molar-refractivity contribution is -0.142. The number of nitrogens with zero attached hydrogens (tertiary/aromatic N) is 1. The summed E-state index contributed by atoms with van der Waals surface area (Å²) in [7, 11) is 1.29. The third kappa shape index (κ3) is 2.50. The number of ether oxygens (including phenoxy) is 1. The number of fused-ring (bicyclic) bond motifs is 1. The number of carbonyl (C=O) groups is 2. The minimum atomic E-state index is -0.664. The molecular weight excluding hydrogens is 220 g/mol. The van der Waals surface area contributed by atoms with E-state index in [0.717, 1.165) is 11.3 Å². The van der Waals surface area contributed by atoms with Gasteiger partial charge in [0.15, 0.2) is 0 Å². The second-order valence-electron chi connectivity index (χ2n) is 3.66. The minimum absolute atomic E-state index is 0.0268. The Labute approximate surface area is 98.5 Å². The number of hydrogen-bond acceptors (Lipinski definition) is 4. The molecule has 1 atom stereocenters. The summed E-state index contributed by atoms with van der Waals surface area (Å²) in [6, 6.07) is 6.73. The van der Waals surface area contributed by atoms with Crippen LogP contribution in [0.5, 0.6) is 0 Å². The van der Waals surface area contributed by atoms with Crippen molar-refractivity contribution in [2.75, 3.05) is 12.4 Å². The van der Waals surface area contributed by atoms with Gasteiger partial charge in [-0.3, -0.25) is 9.59 Å². The van der Waals surface area contributed by atoms with Crippen molar-refractivity contribution in [2.45, 2.75) is 12.5 Å². The van der Waals surface area contributed by atoms with Crippen molar-refractivity contribution in [1.82, 2.24) is 0 Å². The molecule has 0 aromatic heterocycles. The molecule has 1 N–H and O–H groups in total. The van der Waals surface area contributed by atoms with Crippen molar-refractivity contribution < 1.29 is 14.3 Å². The molecule has 1 aliphatic heterocycles. The van der Waals surface area contributed by atoms with E-state index in [1.807, 2.05) is 24.3 Å². The molecule has 1 aliphatic rings. The number of anilines is 1. The number of rotatable bonds is 2. The highest BCUT2D eigenvalue weighted by atomic mass is 16.5. The molecule has 0 saturated carbocycles. The van der Waals surface area contributed by atoms with Gasteiger partial charge in [0.05, 0.1) is 13.5 Å². The van der Waals surface area contributed by atoms with Crippen molar-refractivity contribution in [3.8, 4) is 0 Å². The predicted molar refractivity (Wildman–Crippen MR) is 63.1 cm³/mol. The largest absolute Gasteiger partial charge is 0.469 e. The average molecular weight is 232 g/mol. The van der Waals surface area contributed by atoms with Gasteiger partial charge < -0.3 is 10.1 Å². The van der Waals surface area contributed by atoms with Crippen molar-refractivity contribution in [3.05, 3.63) is 29.8 Å². The van der Waals surface area contributed by atoms with Crippen LogP contribution in [-0.2, 0) is 14.3 Å². The summed E-state index contributed by atoms with van der Waals surface area (Å²) in [6.45, 7) is 0. The van der Waals surface area contributed by atoms with Crippen LogP contribution >= 0.6 is 0 Å². The Balaban J connectivity index is 2.24. The van der Waals surface area contributed by atoms with Gasteiger partial charge in [0.2, 0.25) is 0 Å². The van der Waals surface area contributed by atoms with Crippen LogP contribution in [0.1, 0.15) is 12.0 Å². The Morgan fingerprint density at radius 3 is 3.00 bits per heavy atom. The van der Waals surface area contributed by atoms with Crippen LogP contribution in [0.2, 0.25) is 0 Å². The number of hydrogen-bond donors (Lipinski definition) is 1. The molecule has 0 fully saturated rings. The van der Waals surface area contributed by atoms with Crippen LogP contribution < -0.4 is 5.32 Å². The van der Waals surface area contributed by atoms with Gasteiger partial charge in [-0.1, -0.05) is 18.2 Å². The Kier molecular flexibility index (Phi) is 3.18.